The van der Waals surface area contributed by atoms with Gasteiger partial charge in [-0.1, -0.05) is 0 Å². The normalized spacial score (nSPS) is 11.6. The van der Waals surface area contributed by atoms with Crippen molar-refractivity contribution in [2.24, 2.45) is 0 Å². The van der Waals surface area contributed by atoms with Crippen LogP contribution in [0.2, 0.25) is 0 Å². The highest BCUT2D eigenvalue weighted by molar-refractivity contribution is 7.90. The van der Waals surface area contributed by atoms with Crippen LogP contribution in [0.25, 0.3) is 0 Å². The Morgan fingerprint density at radius 3 is 2.48 bits per heavy atom. The van der Waals surface area contributed by atoms with Crippen LogP contribution in [0.15, 0.2) is 39.6 Å². The van der Waals surface area contributed by atoms with Crippen LogP contribution in [-0.4, -0.2) is 21.7 Å². The van der Waals surface area contributed by atoms with Gasteiger partial charge in [0.05, 0.1) is 11.4 Å². The average molecular weight is 309 g/mol. The third-order valence-electron chi connectivity index (χ3n) is 3.04. The highest BCUT2D eigenvalue weighted by atomic mass is 32.2. The molecule has 0 saturated carbocycles. The zero-order valence-corrected chi connectivity index (χ0v) is 13.2. The van der Waals surface area contributed by atoms with Gasteiger partial charge in [0.15, 0.2) is 9.84 Å². The van der Waals surface area contributed by atoms with Gasteiger partial charge in [-0.15, -0.1) is 0 Å². The summed E-state index contributed by atoms with van der Waals surface area (Å²) in [5.74, 6) is 2.24. The van der Waals surface area contributed by atoms with Crippen molar-refractivity contribution >= 4 is 9.84 Å². The summed E-state index contributed by atoms with van der Waals surface area (Å²) in [5, 5.41) is 3.04. The Morgan fingerprint density at radius 1 is 1.24 bits per heavy atom. The summed E-state index contributed by atoms with van der Waals surface area (Å²) in [6, 6.07) is 8.29. The fourth-order valence-electron chi connectivity index (χ4n) is 1.93. The topological polar surface area (TPSA) is 68.5 Å². The summed E-state index contributed by atoms with van der Waals surface area (Å²) in [6.07, 6.45) is 1.18. The lowest BCUT2D eigenvalue weighted by atomic mass is 10.2. The Hall–Kier alpha value is -1.79. The van der Waals surface area contributed by atoms with E-state index in [-0.39, 0.29) is 4.90 Å². The molecule has 114 valence electrons. The smallest absolute Gasteiger partial charge is 0.175 e. The van der Waals surface area contributed by atoms with Crippen LogP contribution in [0.4, 0.5) is 0 Å². The van der Waals surface area contributed by atoms with E-state index in [9.17, 15) is 8.42 Å². The molecule has 0 aliphatic rings. The molecule has 2 rings (SSSR count). The first-order chi connectivity index (χ1) is 9.90. The minimum absolute atomic E-state index is 0.278. The van der Waals surface area contributed by atoms with Crippen molar-refractivity contribution in [2.75, 3.05) is 13.3 Å². The van der Waals surface area contributed by atoms with E-state index in [1.165, 1.54) is 18.4 Å². The van der Waals surface area contributed by atoms with Crippen LogP contribution in [0.1, 0.15) is 17.1 Å². The van der Waals surface area contributed by atoms with Crippen LogP contribution < -0.4 is 10.1 Å². The molecule has 1 N–H and O–H groups in total. The van der Waals surface area contributed by atoms with E-state index >= 15 is 0 Å². The molecule has 1 aromatic carbocycles. The number of ether oxygens (including phenoxy) is 1. The largest absolute Gasteiger partial charge is 0.486 e. The summed E-state index contributed by atoms with van der Waals surface area (Å²) in [5.41, 5.74) is 1.08. The molecule has 6 heteroatoms. The van der Waals surface area contributed by atoms with Gasteiger partial charge in [0.2, 0.25) is 0 Å². The predicted octanol–water partition coefficient (Wildman–Crippen LogP) is 2.29. The van der Waals surface area contributed by atoms with Crippen LogP contribution >= 0.6 is 0 Å². The standard InChI is InChI=1S/C15H19NO4S/c1-11-8-13(20-15(11)9-16-2)10-19-12-4-6-14(7-5-12)21(3,17)18/h4-8,16H,9-10H2,1-3H3. The second-order valence-corrected chi connectivity index (χ2v) is 6.90. The molecule has 0 aliphatic heterocycles. The lowest BCUT2D eigenvalue weighted by Gasteiger charge is -2.05. The zero-order valence-electron chi connectivity index (χ0n) is 12.3. The summed E-state index contributed by atoms with van der Waals surface area (Å²) < 4.78 is 34.0. The molecule has 0 amide bonds. The Balaban J connectivity index is 2.01. The Bertz CT molecular complexity index is 702. The minimum atomic E-state index is -3.18. The first kappa shape index (κ1) is 15.6. The Morgan fingerprint density at radius 2 is 1.90 bits per heavy atom. The van der Waals surface area contributed by atoms with Crippen molar-refractivity contribution in [3.63, 3.8) is 0 Å². The molecular weight excluding hydrogens is 290 g/mol. The molecule has 0 aliphatic carbocycles. The third kappa shape index (κ3) is 4.09. The van der Waals surface area contributed by atoms with E-state index in [4.69, 9.17) is 9.15 Å². The van der Waals surface area contributed by atoms with Crippen molar-refractivity contribution in [3.8, 4) is 5.75 Å². The molecule has 0 bridgehead atoms. The highest BCUT2D eigenvalue weighted by Gasteiger charge is 2.09. The van der Waals surface area contributed by atoms with Gasteiger partial charge in [-0.3, -0.25) is 0 Å². The maximum atomic E-state index is 11.4. The maximum Gasteiger partial charge on any atom is 0.175 e. The van der Waals surface area contributed by atoms with Gasteiger partial charge in [0, 0.05) is 6.26 Å². The number of aryl methyl sites for hydroxylation is 1. The molecular formula is C15H19NO4S. The second kappa shape index (κ2) is 6.32. The fraction of sp³-hybridized carbons (Fsp3) is 0.333. The summed E-state index contributed by atoms with van der Waals surface area (Å²) in [4.78, 5) is 0.278. The van der Waals surface area contributed by atoms with Crippen molar-refractivity contribution in [1.29, 1.82) is 0 Å². The molecule has 0 saturated heterocycles. The Labute approximate surface area is 124 Å². The third-order valence-corrected chi connectivity index (χ3v) is 4.17. The van der Waals surface area contributed by atoms with Gasteiger partial charge in [-0.2, -0.15) is 0 Å². The van der Waals surface area contributed by atoms with E-state index in [2.05, 4.69) is 5.32 Å². The van der Waals surface area contributed by atoms with Gasteiger partial charge in [0.1, 0.15) is 23.9 Å². The number of furan rings is 1. The Kier molecular flexibility index (Phi) is 4.69. The number of nitrogens with one attached hydrogen (secondary N) is 1. The van der Waals surface area contributed by atoms with Crippen molar-refractivity contribution < 1.29 is 17.6 Å². The van der Waals surface area contributed by atoms with E-state index in [0.717, 1.165) is 17.1 Å². The number of sulfone groups is 1. The summed E-state index contributed by atoms with van der Waals surface area (Å²) in [6.45, 7) is 2.97. The number of hydrogen-bond donors (Lipinski definition) is 1. The molecule has 1 aromatic heterocycles. The van der Waals surface area contributed by atoms with Crippen molar-refractivity contribution in [2.45, 2.75) is 25.0 Å². The van der Waals surface area contributed by atoms with Gasteiger partial charge in [0.25, 0.3) is 0 Å². The van der Waals surface area contributed by atoms with Crippen molar-refractivity contribution in [1.82, 2.24) is 5.32 Å². The number of hydrogen-bond acceptors (Lipinski definition) is 5. The SMILES string of the molecule is CNCc1oc(COc2ccc(S(C)(=O)=O)cc2)cc1C. The molecule has 0 fully saturated rings. The quantitative estimate of drug-likeness (QED) is 0.886. The van der Waals surface area contributed by atoms with Crippen LogP contribution in [0.3, 0.4) is 0 Å². The lowest BCUT2D eigenvalue weighted by molar-refractivity contribution is 0.265. The minimum Gasteiger partial charge on any atom is -0.486 e. The molecule has 1 heterocycles. The monoisotopic (exact) mass is 309 g/mol. The number of rotatable bonds is 6. The first-order valence-electron chi connectivity index (χ1n) is 6.56. The van der Waals surface area contributed by atoms with E-state index in [0.29, 0.717) is 18.9 Å². The molecule has 2 aromatic rings. The maximum absolute atomic E-state index is 11.4. The zero-order chi connectivity index (χ0) is 15.5. The predicted molar refractivity (Wildman–Crippen MR) is 80.1 cm³/mol. The first-order valence-corrected chi connectivity index (χ1v) is 8.45. The number of benzene rings is 1. The fourth-order valence-corrected chi connectivity index (χ4v) is 2.57. The van der Waals surface area contributed by atoms with Gasteiger partial charge < -0.3 is 14.5 Å². The van der Waals surface area contributed by atoms with Crippen molar-refractivity contribution in [3.05, 3.63) is 47.4 Å². The molecule has 0 atom stereocenters. The van der Waals surface area contributed by atoms with Gasteiger partial charge in [-0.25, -0.2) is 8.42 Å². The van der Waals surface area contributed by atoms with Gasteiger partial charge >= 0.3 is 0 Å². The second-order valence-electron chi connectivity index (χ2n) is 4.88. The van der Waals surface area contributed by atoms with E-state index < -0.39 is 9.84 Å². The molecule has 0 unspecified atom stereocenters. The van der Waals surface area contributed by atoms with Gasteiger partial charge in [-0.05, 0) is 49.9 Å². The molecule has 0 radical (unpaired) electrons. The molecule has 5 nitrogen and oxygen atoms in total. The average Bonchev–Trinajstić information content (AvgIpc) is 2.77. The van der Waals surface area contributed by atoms with Crippen LogP contribution in [0.5, 0.6) is 5.75 Å². The summed E-state index contributed by atoms with van der Waals surface area (Å²) in [7, 11) is -1.31. The molecule has 21 heavy (non-hydrogen) atoms. The van der Waals surface area contributed by atoms with E-state index in [1.807, 2.05) is 20.0 Å². The summed E-state index contributed by atoms with van der Waals surface area (Å²) >= 11 is 0. The van der Waals surface area contributed by atoms with Crippen LogP contribution in [-0.2, 0) is 23.0 Å². The van der Waals surface area contributed by atoms with Crippen LogP contribution in [0, 0.1) is 6.92 Å². The highest BCUT2D eigenvalue weighted by Crippen LogP contribution is 2.19. The lowest BCUT2D eigenvalue weighted by Crippen LogP contribution is -2.04. The molecule has 0 spiro atoms. The van der Waals surface area contributed by atoms with E-state index in [1.54, 1.807) is 12.1 Å².